The van der Waals surface area contributed by atoms with Crippen LogP contribution in [-0.4, -0.2) is 62.2 Å². The van der Waals surface area contributed by atoms with E-state index in [-0.39, 0.29) is 0 Å². The molecule has 1 aliphatic rings. The van der Waals surface area contributed by atoms with Crippen LogP contribution in [-0.2, 0) is 0 Å². The summed E-state index contributed by atoms with van der Waals surface area (Å²) < 4.78 is 0. The van der Waals surface area contributed by atoms with Crippen molar-refractivity contribution in [3.8, 4) is 0 Å². The fourth-order valence-electron chi connectivity index (χ4n) is 3.49. The van der Waals surface area contributed by atoms with Gasteiger partial charge in [0, 0.05) is 25.2 Å². The first kappa shape index (κ1) is 17.9. The van der Waals surface area contributed by atoms with Gasteiger partial charge in [0.05, 0.1) is 0 Å². The van der Waals surface area contributed by atoms with Gasteiger partial charge in [-0.15, -0.1) is 0 Å². The van der Waals surface area contributed by atoms with Crippen molar-refractivity contribution in [2.75, 3.05) is 40.3 Å². The second-order valence-corrected chi connectivity index (χ2v) is 7.48. The van der Waals surface area contributed by atoms with Gasteiger partial charge in [0.2, 0.25) is 0 Å². The third-order valence-corrected chi connectivity index (χ3v) is 4.64. The second kappa shape index (κ2) is 8.35. The Bertz CT molecular complexity index is 263. The number of rotatable bonds is 8. The summed E-state index contributed by atoms with van der Waals surface area (Å²) in [6.45, 7) is 14.1. The standard InChI is InChI=1S/C17H37N3/c1-7-11-20(13-12-19(5)6)16-14-17(3,4)10-9-15(16)18-8-2/h15-16,18H,7-14H2,1-6H3. The molecule has 0 spiro atoms. The summed E-state index contributed by atoms with van der Waals surface area (Å²) in [6, 6.07) is 1.39. The van der Waals surface area contributed by atoms with E-state index < -0.39 is 0 Å². The molecular formula is C17H37N3. The number of hydrogen-bond acceptors (Lipinski definition) is 3. The minimum absolute atomic E-state index is 0.501. The number of nitrogens with one attached hydrogen (secondary N) is 1. The Labute approximate surface area is 127 Å². The number of nitrogens with zero attached hydrogens (tertiary/aromatic N) is 2. The molecule has 0 aliphatic heterocycles. The largest absolute Gasteiger partial charge is 0.313 e. The molecule has 2 atom stereocenters. The van der Waals surface area contributed by atoms with Crippen LogP contribution in [0.2, 0.25) is 0 Å². The third-order valence-electron chi connectivity index (χ3n) is 4.64. The van der Waals surface area contributed by atoms with Gasteiger partial charge in [-0.25, -0.2) is 0 Å². The molecule has 1 saturated carbocycles. The molecule has 20 heavy (non-hydrogen) atoms. The average molecular weight is 284 g/mol. The highest BCUT2D eigenvalue weighted by Crippen LogP contribution is 2.37. The normalized spacial score (nSPS) is 26.4. The maximum Gasteiger partial charge on any atom is 0.0254 e. The van der Waals surface area contributed by atoms with Gasteiger partial charge in [-0.3, -0.25) is 4.90 Å². The fraction of sp³-hybridized carbons (Fsp3) is 1.00. The molecule has 1 fully saturated rings. The van der Waals surface area contributed by atoms with Gasteiger partial charge < -0.3 is 10.2 Å². The van der Waals surface area contributed by atoms with Crippen molar-refractivity contribution < 1.29 is 0 Å². The third kappa shape index (κ3) is 5.71. The van der Waals surface area contributed by atoms with E-state index in [2.05, 4.69) is 56.9 Å². The zero-order valence-corrected chi connectivity index (χ0v) is 14.7. The first-order valence-corrected chi connectivity index (χ1v) is 8.51. The SMILES string of the molecule is CCCN(CCN(C)C)C1CC(C)(C)CCC1NCC. The first-order chi connectivity index (χ1) is 9.39. The molecule has 0 aromatic rings. The first-order valence-electron chi connectivity index (χ1n) is 8.51. The van der Waals surface area contributed by atoms with Crippen molar-refractivity contribution in [2.45, 2.75) is 65.5 Å². The monoisotopic (exact) mass is 283 g/mol. The van der Waals surface area contributed by atoms with Crippen molar-refractivity contribution >= 4 is 0 Å². The lowest BCUT2D eigenvalue weighted by atomic mass is 9.72. The zero-order valence-electron chi connectivity index (χ0n) is 14.7. The number of hydrogen-bond donors (Lipinski definition) is 1. The van der Waals surface area contributed by atoms with E-state index in [4.69, 9.17) is 0 Å². The molecule has 0 saturated heterocycles. The van der Waals surface area contributed by atoms with E-state index >= 15 is 0 Å². The van der Waals surface area contributed by atoms with Gasteiger partial charge in [0.1, 0.15) is 0 Å². The van der Waals surface area contributed by atoms with Crippen molar-refractivity contribution in [1.82, 2.24) is 15.1 Å². The Hall–Kier alpha value is -0.120. The maximum atomic E-state index is 3.74. The van der Waals surface area contributed by atoms with Crippen molar-refractivity contribution in [1.29, 1.82) is 0 Å². The summed E-state index contributed by atoms with van der Waals surface area (Å²) in [5.74, 6) is 0. The van der Waals surface area contributed by atoms with Crippen LogP contribution in [0.25, 0.3) is 0 Å². The molecular weight excluding hydrogens is 246 g/mol. The van der Waals surface area contributed by atoms with E-state index in [0.717, 1.165) is 13.1 Å². The Morgan fingerprint density at radius 2 is 1.80 bits per heavy atom. The molecule has 0 amide bonds. The van der Waals surface area contributed by atoms with Crippen LogP contribution in [0.5, 0.6) is 0 Å². The van der Waals surface area contributed by atoms with E-state index in [1.807, 2.05) is 0 Å². The minimum Gasteiger partial charge on any atom is -0.313 e. The predicted octanol–water partition coefficient (Wildman–Crippen LogP) is 2.82. The maximum absolute atomic E-state index is 3.74. The lowest BCUT2D eigenvalue weighted by molar-refractivity contribution is 0.0609. The van der Waals surface area contributed by atoms with Crippen LogP contribution in [0.3, 0.4) is 0 Å². The predicted molar refractivity (Wildman–Crippen MR) is 89.3 cm³/mol. The summed E-state index contributed by atoms with van der Waals surface area (Å²) in [5, 5.41) is 3.74. The Morgan fingerprint density at radius 1 is 1.10 bits per heavy atom. The smallest absolute Gasteiger partial charge is 0.0254 e. The fourth-order valence-corrected chi connectivity index (χ4v) is 3.49. The molecule has 1 N–H and O–H groups in total. The topological polar surface area (TPSA) is 18.5 Å². The van der Waals surface area contributed by atoms with Crippen LogP contribution in [0.4, 0.5) is 0 Å². The van der Waals surface area contributed by atoms with Crippen LogP contribution in [0, 0.1) is 5.41 Å². The highest BCUT2D eigenvalue weighted by Gasteiger charge is 2.37. The lowest BCUT2D eigenvalue weighted by Gasteiger charge is -2.46. The van der Waals surface area contributed by atoms with E-state index in [0.29, 0.717) is 17.5 Å². The Kier molecular flexibility index (Phi) is 7.49. The van der Waals surface area contributed by atoms with E-state index in [1.165, 1.54) is 38.8 Å². The van der Waals surface area contributed by atoms with Gasteiger partial charge in [0.15, 0.2) is 0 Å². The molecule has 1 rings (SSSR count). The van der Waals surface area contributed by atoms with Crippen LogP contribution >= 0.6 is 0 Å². The van der Waals surface area contributed by atoms with Gasteiger partial charge in [0.25, 0.3) is 0 Å². The molecule has 3 nitrogen and oxygen atoms in total. The van der Waals surface area contributed by atoms with Gasteiger partial charge in [-0.2, -0.15) is 0 Å². The molecule has 0 aromatic carbocycles. The summed E-state index contributed by atoms with van der Waals surface area (Å²) in [6.07, 6.45) is 5.27. The second-order valence-electron chi connectivity index (χ2n) is 7.48. The molecule has 1 aliphatic carbocycles. The lowest BCUT2D eigenvalue weighted by Crippen LogP contribution is -2.56. The zero-order chi connectivity index (χ0) is 15.2. The van der Waals surface area contributed by atoms with Gasteiger partial charge in [-0.05, 0) is 58.3 Å². The van der Waals surface area contributed by atoms with Crippen molar-refractivity contribution in [2.24, 2.45) is 5.41 Å². The Morgan fingerprint density at radius 3 is 2.35 bits per heavy atom. The summed E-state index contributed by atoms with van der Waals surface area (Å²) >= 11 is 0. The molecule has 120 valence electrons. The molecule has 3 heteroatoms. The van der Waals surface area contributed by atoms with Crippen LogP contribution in [0.15, 0.2) is 0 Å². The van der Waals surface area contributed by atoms with Gasteiger partial charge >= 0.3 is 0 Å². The summed E-state index contributed by atoms with van der Waals surface area (Å²) in [7, 11) is 4.35. The molecule has 0 heterocycles. The average Bonchev–Trinajstić information content (AvgIpc) is 2.36. The van der Waals surface area contributed by atoms with E-state index in [9.17, 15) is 0 Å². The van der Waals surface area contributed by atoms with Crippen LogP contribution < -0.4 is 5.32 Å². The van der Waals surface area contributed by atoms with Gasteiger partial charge in [-0.1, -0.05) is 27.7 Å². The number of likely N-dealkylation sites (N-methyl/N-ethyl adjacent to an activating group) is 2. The summed E-state index contributed by atoms with van der Waals surface area (Å²) in [4.78, 5) is 5.05. The van der Waals surface area contributed by atoms with Crippen molar-refractivity contribution in [3.05, 3.63) is 0 Å². The minimum atomic E-state index is 0.501. The molecule has 2 unspecified atom stereocenters. The van der Waals surface area contributed by atoms with E-state index in [1.54, 1.807) is 0 Å². The highest BCUT2D eigenvalue weighted by atomic mass is 15.2. The van der Waals surface area contributed by atoms with Crippen LogP contribution in [0.1, 0.15) is 53.4 Å². The molecule has 0 aromatic heterocycles. The molecule has 0 bridgehead atoms. The quantitative estimate of drug-likeness (QED) is 0.739. The molecule has 0 radical (unpaired) electrons. The summed E-state index contributed by atoms with van der Waals surface area (Å²) in [5.41, 5.74) is 0.501. The highest BCUT2D eigenvalue weighted by molar-refractivity contribution is 4.94. The Balaban J connectivity index is 2.74. The van der Waals surface area contributed by atoms with Crippen molar-refractivity contribution in [3.63, 3.8) is 0 Å².